The predicted molar refractivity (Wildman–Crippen MR) is 67.8 cm³/mol. The van der Waals surface area contributed by atoms with E-state index in [9.17, 15) is 21.6 Å². The molecule has 3 nitrogen and oxygen atoms in total. The van der Waals surface area contributed by atoms with Crippen molar-refractivity contribution in [3.05, 3.63) is 29.8 Å². The van der Waals surface area contributed by atoms with Crippen molar-refractivity contribution in [3.63, 3.8) is 0 Å². The molecule has 1 N–H and O–H groups in total. The van der Waals surface area contributed by atoms with E-state index in [4.69, 9.17) is 0 Å². The molecule has 1 heterocycles. The van der Waals surface area contributed by atoms with Gasteiger partial charge in [-0.3, -0.25) is 0 Å². The second-order valence-corrected chi connectivity index (χ2v) is 7.28. The van der Waals surface area contributed by atoms with E-state index in [1.165, 1.54) is 6.07 Å². The molecule has 8 heteroatoms. The number of alkyl halides is 3. The van der Waals surface area contributed by atoms with Crippen molar-refractivity contribution in [3.8, 4) is 0 Å². The van der Waals surface area contributed by atoms with E-state index in [1.807, 2.05) is 0 Å². The monoisotopic (exact) mass is 311 g/mol. The fourth-order valence-corrected chi connectivity index (χ4v) is 4.24. The van der Waals surface area contributed by atoms with E-state index in [-0.39, 0.29) is 34.7 Å². The highest BCUT2D eigenvalue weighted by molar-refractivity contribution is 8.00. The van der Waals surface area contributed by atoms with Crippen molar-refractivity contribution in [2.24, 2.45) is 0 Å². The predicted octanol–water partition coefficient (Wildman–Crippen LogP) is 2.36. The van der Waals surface area contributed by atoms with Crippen molar-refractivity contribution in [1.29, 1.82) is 0 Å². The first-order valence-electron chi connectivity index (χ1n) is 5.55. The van der Waals surface area contributed by atoms with Gasteiger partial charge in [-0.05, 0) is 23.4 Å². The summed E-state index contributed by atoms with van der Waals surface area (Å²) in [5, 5.41) is 2.87. The Balaban J connectivity index is 1.97. The summed E-state index contributed by atoms with van der Waals surface area (Å²) < 4.78 is 59.5. The number of fused-ring (bicyclic) bond motifs is 1. The first-order valence-corrected chi connectivity index (χ1v) is 8.19. The van der Waals surface area contributed by atoms with Crippen molar-refractivity contribution >= 4 is 21.6 Å². The molecule has 0 amide bonds. The smallest absolute Gasteiger partial charge is 0.308 e. The number of nitrogens with one attached hydrogen (secondary N) is 1. The van der Waals surface area contributed by atoms with Gasteiger partial charge in [-0.1, -0.05) is 18.2 Å². The van der Waals surface area contributed by atoms with Crippen LogP contribution in [0, 0.1) is 0 Å². The maximum Gasteiger partial charge on any atom is 0.441 e. The fourth-order valence-electron chi connectivity index (χ4n) is 2.02. The lowest BCUT2D eigenvalue weighted by Gasteiger charge is -2.12. The lowest BCUT2D eigenvalue weighted by atomic mass is 10.1. The Labute approximate surface area is 113 Å². The molecule has 0 saturated carbocycles. The molecule has 19 heavy (non-hydrogen) atoms. The van der Waals surface area contributed by atoms with Crippen LogP contribution in [0.25, 0.3) is 0 Å². The standard InChI is InChI=1S/C11H12F3NO2S2/c12-11(13,14)18-6-5-15-9-7-19(16,17)10-4-2-1-3-8(9)10/h1-4,9,15H,5-7H2. The fraction of sp³-hybridized carbons (Fsp3) is 0.455. The molecule has 0 radical (unpaired) electrons. The molecule has 0 aliphatic carbocycles. The molecule has 0 aromatic heterocycles. The third-order valence-corrected chi connectivity index (χ3v) is 5.32. The van der Waals surface area contributed by atoms with Crippen LogP contribution in [0.2, 0.25) is 0 Å². The number of sulfone groups is 1. The van der Waals surface area contributed by atoms with Crippen LogP contribution >= 0.6 is 11.8 Å². The van der Waals surface area contributed by atoms with Gasteiger partial charge in [0.15, 0.2) is 9.84 Å². The molecule has 0 spiro atoms. The Hall–Kier alpha value is -0.730. The van der Waals surface area contributed by atoms with Gasteiger partial charge in [0.1, 0.15) is 0 Å². The van der Waals surface area contributed by atoms with Crippen LogP contribution in [-0.2, 0) is 9.84 Å². The van der Waals surface area contributed by atoms with Gasteiger partial charge in [0.2, 0.25) is 0 Å². The van der Waals surface area contributed by atoms with Gasteiger partial charge >= 0.3 is 5.51 Å². The Morgan fingerprint density at radius 3 is 2.68 bits per heavy atom. The van der Waals surface area contributed by atoms with Crippen LogP contribution in [0.4, 0.5) is 13.2 Å². The zero-order chi connectivity index (χ0) is 14.1. The summed E-state index contributed by atoms with van der Waals surface area (Å²) in [4.78, 5) is 0.274. The van der Waals surface area contributed by atoms with Crippen molar-refractivity contribution < 1.29 is 21.6 Å². The highest BCUT2D eigenvalue weighted by atomic mass is 32.2. The Morgan fingerprint density at radius 2 is 2.00 bits per heavy atom. The average molecular weight is 311 g/mol. The lowest BCUT2D eigenvalue weighted by Crippen LogP contribution is -2.25. The van der Waals surface area contributed by atoms with Gasteiger partial charge in [0.05, 0.1) is 10.6 Å². The van der Waals surface area contributed by atoms with Gasteiger partial charge in [0, 0.05) is 18.3 Å². The second-order valence-electron chi connectivity index (χ2n) is 4.12. The van der Waals surface area contributed by atoms with Gasteiger partial charge in [-0.2, -0.15) is 13.2 Å². The molecule has 2 rings (SSSR count). The van der Waals surface area contributed by atoms with Crippen LogP contribution in [0.1, 0.15) is 11.6 Å². The normalized spacial score (nSPS) is 21.3. The SMILES string of the molecule is O=S1(=O)CC(NCCSC(F)(F)F)c2ccccc21. The van der Waals surface area contributed by atoms with Gasteiger partial charge < -0.3 is 5.32 Å². The van der Waals surface area contributed by atoms with Gasteiger partial charge in [-0.15, -0.1) is 0 Å². The first kappa shape index (κ1) is 14.7. The number of thioether (sulfide) groups is 1. The van der Waals surface area contributed by atoms with E-state index >= 15 is 0 Å². The molecular formula is C11H12F3NO2S2. The van der Waals surface area contributed by atoms with Crippen molar-refractivity contribution in [2.45, 2.75) is 16.4 Å². The second kappa shape index (κ2) is 5.34. The molecule has 1 aromatic carbocycles. The van der Waals surface area contributed by atoms with Crippen LogP contribution in [0.5, 0.6) is 0 Å². The van der Waals surface area contributed by atoms with Gasteiger partial charge in [-0.25, -0.2) is 8.42 Å². The molecule has 1 aliphatic rings. The summed E-state index contributed by atoms with van der Waals surface area (Å²) in [6.45, 7) is 0.110. The third kappa shape index (κ3) is 3.64. The van der Waals surface area contributed by atoms with E-state index in [1.54, 1.807) is 18.2 Å². The molecule has 1 atom stereocenters. The maximum atomic E-state index is 12.0. The topological polar surface area (TPSA) is 46.2 Å². The van der Waals surface area contributed by atoms with Gasteiger partial charge in [0.25, 0.3) is 0 Å². The first-order chi connectivity index (χ1) is 8.80. The zero-order valence-corrected chi connectivity index (χ0v) is 11.4. The third-order valence-electron chi connectivity index (χ3n) is 2.77. The van der Waals surface area contributed by atoms with E-state index in [2.05, 4.69) is 5.32 Å². The largest absolute Gasteiger partial charge is 0.441 e. The summed E-state index contributed by atoms with van der Waals surface area (Å²) in [6, 6.07) is 6.15. The number of hydrogen-bond acceptors (Lipinski definition) is 4. The highest BCUT2D eigenvalue weighted by Gasteiger charge is 2.34. The minimum absolute atomic E-state index is 0.0942. The van der Waals surface area contributed by atoms with Crippen molar-refractivity contribution in [2.75, 3.05) is 18.1 Å². The lowest BCUT2D eigenvalue weighted by molar-refractivity contribution is -0.0327. The molecule has 0 saturated heterocycles. The summed E-state index contributed by atoms with van der Waals surface area (Å²) in [6.07, 6.45) is 0. The number of benzene rings is 1. The number of hydrogen-bond donors (Lipinski definition) is 1. The van der Waals surface area contributed by atoms with E-state index < -0.39 is 21.4 Å². The molecule has 1 unspecified atom stereocenters. The van der Waals surface area contributed by atoms with E-state index in [0.717, 1.165) is 0 Å². The summed E-state index contributed by atoms with van der Waals surface area (Å²) in [5.74, 6) is -0.231. The Kier molecular flexibility index (Phi) is 4.12. The highest BCUT2D eigenvalue weighted by Crippen LogP contribution is 2.33. The minimum atomic E-state index is -4.25. The van der Waals surface area contributed by atoms with Crippen LogP contribution in [-0.4, -0.2) is 32.0 Å². The van der Waals surface area contributed by atoms with Crippen LogP contribution in [0.15, 0.2) is 29.2 Å². The van der Waals surface area contributed by atoms with Crippen molar-refractivity contribution in [1.82, 2.24) is 5.32 Å². The van der Waals surface area contributed by atoms with Crippen LogP contribution < -0.4 is 5.32 Å². The quantitative estimate of drug-likeness (QED) is 0.867. The summed E-state index contributed by atoms with van der Waals surface area (Å²) >= 11 is -0.114. The molecule has 0 fully saturated rings. The Bertz CT molecular complexity index is 557. The average Bonchev–Trinajstić information content (AvgIpc) is 2.57. The number of rotatable bonds is 4. The Morgan fingerprint density at radius 1 is 1.32 bits per heavy atom. The molecule has 106 valence electrons. The zero-order valence-electron chi connectivity index (χ0n) is 9.77. The number of halogens is 3. The van der Waals surface area contributed by atoms with Crippen LogP contribution in [0.3, 0.4) is 0 Å². The molecular weight excluding hydrogens is 299 g/mol. The molecule has 0 bridgehead atoms. The summed E-state index contributed by atoms with van der Waals surface area (Å²) in [5.41, 5.74) is -3.61. The molecule has 1 aromatic rings. The summed E-state index contributed by atoms with van der Waals surface area (Å²) in [7, 11) is -3.31. The minimum Gasteiger partial charge on any atom is -0.308 e. The van der Waals surface area contributed by atoms with E-state index in [0.29, 0.717) is 5.56 Å². The maximum absolute atomic E-state index is 12.0. The molecule has 1 aliphatic heterocycles.